The van der Waals surface area contributed by atoms with Crippen molar-refractivity contribution in [3.05, 3.63) is 218 Å². The summed E-state index contributed by atoms with van der Waals surface area (Å²) in [6.07, 6.45) is 0. The molecule has 0 saturated heterocycles. The van der Waals surface area contributed by atoms with Gasteiger partial charge < -0.3 is 4.57 Å². The van der Waals surface area contributed by atoms with E-state index in [1.165, 1.54) is 82.3 Å². The zero-order valence-electron chi connectivity index (χ0n) is 34.6. The summed E-state index contributed by atoms with van der Waals surface area (Å²) >= 11 is 0. The maximum absolute atomic E-state index is 5.53. The number of rotatable bonds is 5. The van der Waals surface area contributed by atoms with Gasteiger partial charge in [-0.1, -0.05) is 164 Å². The summed E-state index contributed by atoms with van der Waals surface area (Å²) < 4.78 is 4.68. The fraction of sp³-hybridized carbons (Fsp3) is 0. The van der Waals surface area contributed by atoms with Crippen LogP contribution < -0.4 is 0 Å². The molecule has 0 aliphatic heterocycles. The van der Waals surface area contributed by atoms with E-state index in [0.717, 1.165) is 44.4 Å². The van der Waals surface area contributed by atoms with Crippen LogP contribution in [0, 0.1) is 0 Å². The van der Waals surface area contributed by atoms with Gasteiger partial charge in [0.25, 0.3) is 0 Å². The number of benzene rings is 10. The van der Waals surface area contributed by atoms with Gasteiger partial charge >= 0.3 is 0 Å². The average molecular weight is 813 g/mol. The summed E-state index contributed by atoms with van der Waals surface area (Å²) in [5.41, 5.74) is 18.3. The highest BCUT2D eigenvalue weighted by Gasteiger charge is 2.27. The number of fused-ring (bicyclic) bond motifs is 11. The molecule has 0 unspecified atom stereocenters. The van der Waals surface area contributed by atoms with Crippen LogP contribution in [0.1, 0.15) is 0 Å². The lowest BCUT2D eigenvalue weighted by molar-refractivity contribution is 1.01. The molecule has 0 saturated carbocycles. The largest absolute Gasteiger partial charge is 0.309 e. The van der Waals surface area contributed by atoms with Gasteiger partial charge in [-0.25, -0.2) is 9.97 Å². The Morgan fingerprint density at radius 1 is 0.281 bits per heavy atom. The molecule has 1 aliphatic rings. The Kier molecular flexibility index (Phi) is 7.36. The molecule has 3 heterocycles. The maximum Gasteiger partial charge on any atom is 0.235 e. The molecule has 14 rings (SSSR count). The molecule has 64 heavy (non-hydrogen) atoms. The topological polar surface area (TPSA) is 35.6 Å². The van der Waals surface area contributed by atoms with Gasteiger partial charge in [-0.05, 0) is 110 Å². The van der Waals surface area contributed by atoms with Crippen LogP contribution in [-0.2, 0) is 0 Å². The van der Waals surface area contributed by atoms with E-state index in [2.05, 4.69) is 228 Å². The Morgan fingerprint density at radius 2 is 0.844 bits per heavy atom. The molecule has 4 nitrogen and oxygen atoms in total. The second-order valence-corrected chi connectivity index (χ2v) is 16.9. The Hall–Kier alpha value is -8.60. The SMILES string of the molecule is c1ccc(-c2ccc(-c3nc(-n4c5ccc(-c6ccc7c(c6)c6ccccc6n7-c6ccccc6)cc5c5c6cccc7c6c(cc54)-c4ccccc4-7)nc4ccccc34)cc2)cc1. The average Bonchev–Trinajstić information content (AvgIpc) is 4.00. The van der Waals surface area contributed by atoms with E-state index >= 15 is 0 Å². The van der Waals surface area contributed by atoms with Gasteiger partial charge in [0.15, 0.2) is 0 Å². The monoisotopic (exact) mass is 812 g/mol. The molecule has 10 aromatic carbocycles. The van der Waals surface area contributed by atoms with Crippen molar-refractivity contribution in [2.24, 2.45) is 0 Å². The number of para-hydroxylation sites is 3. The van der Waals surface area contributed by atoms with Gasteiger partial charge in [0, 0.05) is 38.2 Å². The minimum atomic E-state index is 0.651. The van der Waals surface area contributed by atoms with Crippen LogP contribution in [-0.4, -0.2) is 19.1 Å². The van der Waals surface area contributed by atoms with E-state index < -0.39 is 0 Å². The van der Waals surface area contributed by atoms with Gasteiger partial charge in [0.1, 0.15) is 0 Å². The van der Waals surface area contributed by atoms with Crippen molar-refractivity contribution >= 4 is 65.3 Å². The van der Waals surface area contributed by atoms with Crippen LogP contribution in [0.25, 0.3) is 133 Å². The summed E-state index contributed by atoms with van der Waals surface area (Å²) in [7, 11) is 0. The van der Waals surface area contributed by atoms with E-state index in [0.29, 0.717) is 5.95 Å². The van der Waals surface area contributed by atoms with Gasteiger partial charge in [0.2, 0.25) is 5.95 Å². The second kappa shape index (κ2) is 13.4. The first-order valence-corrected chi connectivity index (χ1v) is 21.9. The molecule has 0 spiro atoms. The lowest BCUT2D eigenvalue weighted by Gasteiger charge is -2.13. The van der Waals surface area contributed by atoms with E-state index in [9.17, 15) is 0 Å². The Morgan fingerprint density at radius 3 is 1.64 bits per heavy atom. The minimum Gasteiger partial charge on any atom is -0.309 e. The van der Waals surface area contributed by atoms with Gasteiger partial charge in [-0.15, -0.1) is 0 Å². The Balaban J connectivity index is 1.03. The van der Waals surface area contributed by atoms with Gasteiger partial charge in [-0.2, -0.15) is 0 Å². The van der Waals surface area contributed by atoms with E-state index in [1.807, 2.05) is 0 Å². The predicted molar refractivity (Wildman–Crippen MR) is 266 cm³/mol. The molecule has 3 aromatic heterocycles. The van der Waals surface area contributed by atoms with E-state index in [-0.39, 0.29) is 0 Å². The lowest BCUT2D eigenvalue weighted by Crippen LogP contribution is -2.03. The highest BCUT2D eigenvalue weighted by atomic mass is 15.2. The number of nitrogens with zero attached hydrogens (tertiary/aromatic N) is 4. The zero-order chi connectivity index (χ0) is 41.9. The second-order valence-electron chi connectivity index (χ2n) is 16.9. The van der Waals surface area contributed by atoms with Crippen molar-refractivity contribution in [1.29, 1.82) is 0 Å². The normalized spacial score (nSPS) is 12.1. The van der Waals surface area contributed by atoms with Crippen LogP contribution in [0.2, 0.25) is 0 Å². The predicted octanol–water partition coefficient (Wildman–Crippen LogP) is 15.6. The molecule has 0 atom stereocenters. The van der Waals surface area contributed by atoms with Crippen molar-refractivity contribution in [3.63, 3.8) is 0 Å². The Labute approximate surface area is 368 Å². The molecule has 0 radical (unpaired) electrons. The number of hydrogen-bond donors (Lipinski definition) is 0. The third kappa shape index (κ3) is 5.05. The highest BCUT2D eigenvalue weighted by molar-refractivity contribution is 6.29. The zero-order valence-corrected chi connectivity index (χ0v) is 34.6. The summed E-state index contributed by atoms with van der Waals surface area (Å²) in [6, 6.07) is 79.0. The molecule has 0 bridgehead atoms. The summed E-state index contributed by atoms with van der Waals surface area (Å²) in [6.45, 7) is 0. The standard InChI is InChI=1S/C60H36N4/c1-3-14-37(15-4-1)38-26-28-39(29-27-38)59-47-21-9-11-24-52(47)61-60(62-59)64-55-33-31-41(40-30-32-54-49(34-40)45-20-10-12-25-53(45)63(54)42-16-5-2-6-17-42)35-51(55)58-48-23-13-22-46-43-18-7-8-19-44(43)50(57(46)48)36-56(58)64/h1-36H. The lowest BCUT2D eigenvalue weighted by atomic mass is 9.96. The van der Waals surface area contributed by atoms with Crippen LogP contribution in [0.3, 0.4) is 0 Å². The van der Waals surface area contributed by atoms with Crippen molar-refractivity contribution in [2.75, 3.05) is 0 Å². The first-order chi connectivity index (χ1) is 31.7. The van der Waals surface area contributed by atoms with E-state index in [1.54, 1.807) is 0 Å². The smallest absolute Gasteiger partial charge is 0.235 e. The summed E-state index contributed by atoms with van der Waals surface area (Å²) in [4.78, 5) is 10.9. The van der Waals surface area contributed by atoms with Crippen molar-refractivity contribution in [2.45, 2.75) is 0 Å². The van der Waals surface area contributed by atoms with E-state index in [4.69, 9.17) is 9.97 Å². The van der Waals surface area contributed by atoms with Gasteiger partial charge in [-0.3, -0.25) is 4.57 Å². The van der Waals surface area contributed by atoms with Crippen LogP contribution >= 0.6 is 0 Å². The van der Waals surface area contributed by atoms with Crippen LogP contribution in [0.15, 0.2) is 218 Å². The first-order valence-electron chi connectivity index (χ1n) is 21.9. The fourth-order valence-electron chi connectivity index (χ4n) is 10.6. The first kappa shape index (κ1) is 35.0. The van der Waals surface area contributed by atoms with Crippen LogP contribution in [0.5, 0.6) is 0 Å². The molecule has 0 N–H and O–H groups in total. The third-order valence-electron chi connectivity index (χ3n) is 13.5. The van der Waals surface area contributed by atoms with Crippen molar-refractivity contribution in [3.8, 4) is 67.4 Å². The van der Waals surface area contributed by atoms with Gasteiger partial charge in [0.05, 0.1) is 33.3 Å². The molecular weight excluding hydrogens is 777 g/mol. The minimum absolute atomic E-state index is 0.651. The van der Waals surface area contributed by atoms with Crippen molar-refractivity contribution < 1.29 is 0 Å². The highest BCUT2D eigenvalue weighted by Crippen LogP contribution is 2.51. The molecule has 296 valence electrons. The Bertz CT molecular complexity index is 4050. The molecular formula is C60H36N4. The van der Waals surface area contributed by atoms with Crippen molar-refractivity contribution in [1.82, 2.24) is 19.1 Å². The summed E-state index contributed by atoms with van der Waals surface area (Å²) in [5, 5.41) is 8.41. The molecule has 0 amide bonds. The molecule has 0 fully saturated rings. The number of hydrogen-bond acceptors (Lipinski definition) is 2. The number of aromatic nitrogens is 4. The molecule has 13 aromatic rings. The summed E-state index contributed by atoms with van der Waals surface area (Å²) in [5.74, 6) is 0.651. The van der Waals surface area contributed by atoms with Crippen LogP contribution in [0.4, 0.5) is 0 Å². The quantitative estimate of drug-likeness (QED) is 0.174. The maximum atomic E-state index is 5.53. The molecule has 4 heteroatoms. The molecule has 1 aliphatic carbocycles. The fourth-order valence-corrected chi connectivity index (χ4v) is 10.6. The third-order valence-corrected chi connectivity index (χ3v) is 13.5.